The highest BCUT2D eigenvalue weighted by atomic mass is 16.6. The van der Waals surface area contributed by atoms with E-state index in [0.29, 0.717) is 37.3 Å². The normalized spacial score (nSPS) is 24.2. The molecule has 2 aromatic rings. The zero-order valence-corrected chi connectivity index (χ0v) is 24.1. The van der Waals surface area contributed by atoms with E-state index in [9.17, 15) is 9.59 Å². The van der Waals surface area contributed by atoms with Crippen molar-refractivity contribution in [1.82, 2.24) is 19.9 Å². The quantitative estimate of drug-likeness (QED) is 0.444. The van der Waals surface area contributed by atoms with Gasteiger partial charge >= 0.3 is 12.2 Å². The minimum atomic E-state index is -0.580. The second-order valence-electron chi connectivity index (χ2n) is 13.4. The van der Waals surface area contributed by atoms with Crippen LogP contribution in [0.15, 0.2) is 34.9 Å². The Morgan fingerprint density at radius 2 is 1.77 bits per heavy atom. The highest BCUT2D eigenvalue weighted by molar-refractivity contribution is 5.70. The lowest BCUT2D eigenvalue weighted by atomic mass is 9.98. The fourth-order valence-electron chi connectivity index (χ4n) is 5.44. The smallest absolute Gasteiger partial charge is 0.410 e. The molecule has 0 radical (unpaired) electrons. The number of likely N-dealkylation sites (tertiary alicyclic amines) is 1. The summed E-state index contributed by atoms with van der Waals surface area (Å²) in [7, 11) is 0. The molecule has 212 valence electrons. The van der Waals surface area contributed by atoms with Gasteiger partial charge < -0.3 is 23.8 Å². The summed E-state index contributed by atoms with van der Waals surface area (Å²) < 4.78 is 17.2. The molecule has 0 spiro atoms. The van der Waals surface area contributed by atoms with Crippen LogP contribution in [0.1, 0.15) is 103 Å². The van der Waals surface area contributed by atoms with Gasteiger partial charge in [0.25, 0.3) is 0 Å². The van der Waals surface area contributed by atoms with Crippen molar-refractivity contribution in [3.05, 3.63) is 47.6 Å². The standard InChI is InChI=1S/C30H42N4O5/c1-28(2,3)37-26(35)33-16-10-13-21(18-33)24-31-25(32-39-24)30(14-15-30)19-34(27(36)38-29(4,5)6)23-17-22(23)20-11-8-7-9-12-20/h7-9,11-12,21-23H,10,13-19H2,1-6H3/t21-,22?,23-/m0/s1. The molecule has 1 aromatic carbocycles. The van der Waals surface area contributed by atoms with E-state index < -0.39 is 11.2 Å². The van der Waals surface area contributed by atoms with E-state index in [-0.39, 0.29) is 29.6 Å². The molecule has 3 atom stereocenters. The number of nitrogens with zero attached hydrogens (tertiary/aromatic N) is 4. The lowest BCUT2D eigenvalue weighted by Crippen LogP contribution is -2.43. The molecule has 9 heteroatoms. The number of piperidine rings is 1. The van der Waals surface area contributed by atoms with E-state index in [1.54, 1.807) is 4.90 Å². The summed E-state index contributed by atoms with van der Waals surface area (Å²) in [5.41, 5.74) is -0.207. The first-order valence-corrected chi connectivity index (χ1v) is 14.2. The van der Waals surface area contributed by atoms with Gasteiger partial charge in [0.1, 0.15) is 11.2 Å². The first-order chi connectivity index (χ1) is 18.3. The van der Waals surface area contributed by atoms with E-state index in [1.807, 2.05) is 64.6 Å². The molecular formula is C30H42N4O5. The third-order valence-electron chi connectivity index (χ3n) is 7.68. The Labute approximate surface area is 231 Å². The van der Waals surface area contributed by atoms with Crippen LogP contribution in [0.3, 0.4) is 0 Å². The number of hydrogen-bond acceptors (Lipinski definition) is 7. The van der Waals surface area contributed by atoms with E-state index in [4.69, 9.17) is 19.0 Å². The Bertz CT molecular complexity index is 1180. The molecule has 9 nitrogen and oxygen atoms in total. The van der Waals surface area contributed by atoms with Crippen LogP contribution >= 0.6 is 0 Å². The first kappa shape index (κ1) is 27.5. The van der Waals surface area contributed by atoms with Gasteiger partial charge in [-0.15, -0.1) is 0 Å². The monoisotopic (exact) mass is 538 g/mol. The fourth-order valence-corrected chi connectivity index (χ4v) is 5.44. The number of amides is 2. The highest BCUT2D eigenvalue weighted by Crippen LogP contribution is 2.52. The lowest BCUT2D eigenvalue weighted by Gasteiger charge is -2.32. The van der Waals surface area contributed by atoms with Gasteiger partial charge in [-0.05, 0) is 79.2 Å². The first-order valence-electron chi connectivity index (χ1n) is 14.2. The van der Waals surface area contributed by atoms with Crippen molar-refractivity contribution in [3.63, 3.8) is 0 Å². The Kier molecular flexibility index (Phi) is 7.14. The van der Waals surface area contributed by atoms with Gasteiger partial charge in [-0.2, -0.15) is 4.98 Å². The molecule has 1 saturated heterocycles. The summed E-state index contributed by atoms with van der Waals surface area (Å²) in [4.78, 5) is 34.5. The molecule has 1 aromatic heterocycles. The molecule has 3 fully saturated rings. The number of ether oxygens (including phenoxy) is 2. The van der Waals surface area contributed by atoms with Crippen molar-refractivity contribution in [1.29, 1.82) is 0 Å². The van der Waals surface area contributed by atoms with E-state index in [2.05, 4.69) is 17.3 Å². The maximum absolute atomic E-state index is 13.4. The molecule has 2 aliphatic carbocycles. The van der Waals surface area contributed by atoms with Crippen LogP contribution in [0.2, 0.25) is 0 Å². The SMILES string of the molecule is CC(C)(C)OC(=O)N1CCC[C@H](c2nc(C3(CN(C(=O)OC(C)(C)C)[C@H]4CC4c4ccccc4)CC3)no2)C1. The lowest BCUT2D eigenvalue weighted by molar-refractivity contribution is 0.0184. The second kappa shape index (κ2) is 10.1. The van der Waals surface area contributed by atoms with Gasteiger partial charge in [0.2, 0.25) is 5.89 Å². The summed E-state index contributed by atoms with van der Waals surface area (Å²) in [6.07, 6.45) is 3.82. The zero-order valence-electron chi connectivity index (χ0n) is 24.1. The van der Waals surface area contributed by atoms with Gasteiger partial charge in [-0.3, -0.25) is 0 Å². The van der Waals surface area contributed by atoms with E-state index >= 15 is 0 Å². The molecule has 3 aliphatic rings. The Morgan fingerprint density at radius 3 is 2.41 bits per heavy atom. The minimum Gasteiger partial charge on any atom is -0.444 e. The Morgan fingerprint density at radius 1 is 1.08 bits per heavy atom. The van der Waals surface area contributed by atoms with E-state index in [1.165, 1.54) is 5.56 Å². The molecule has 0 bridgehead atoms. The minimum absolute atomic E-state index is 0.0313. The summed E-state index contributed by atoms with van der Waals surface area (Å²) >= 11 is 0. The molecule has 0 N–H and O–H groups in total. The number of carbonyl (C=O) groups excluding carboxylic acids is 2. The van der Waals surface area contributed by atoms with Crippen molar-refractivity contribution >= 4 is 12.2 Å². The zero-order chi connectivity index (χ0) is 28.0. The van der Waals surface area contributed by atoms with Crippen LogP contribution in [0.4, 0.5) is 9.59 Å². The molecule has 1 aliphatic heterocycles. The van der Waals surface area contributed by atoms with Crippen molar-refractivity contribution in [2.75, 3.05) is 19.6 Å². The van der Waals surface area contributed by atoms with Crippen LogP contribution in [0, 0.1) is 0 Å². The van der Waals surface area contributed by atoms with Gasteiger partial charge in [-0.1, -0.05) is 35.5 Å². The number of aromatic nitrogens is 2. The van der Waals surface area contributed by atoms with Crippen LogP contribution in [-0.4, -0.2) is 69.0 Å². The Balaban J connectivity index is 1.29. The van der Waals surface area contributed by atoms with Crippen molar-refractivity contribution in [2.45, 2.75) is 108 Å². The highest BCUT2D eigenvalue weighted by Gasteiger charge is 2.55. The topological polar surface area (TPSA) is 98.0 Å². The van der Waals surface area contributed by atoms with Gasteiger partial charge in [0.15, 0.2) is 5.82 Å². The van der Waals surface area contributed by atoms with Gasteiger partial charge in [0.05, 0.1) is 11.3 Å². The predicted molar refractivity (Wildman–Crippen MR) is 146 cm³/mol. The number of carbonyl (C=O) groups is 2. The number of rotatable bonds is 6. The maximum Gasteiger partial charge on any atom is 0.410 e. The predicted octanol–water partition coefficient (Wildman–Crippen LogP) is 6.01. The second-order valence-corrected chi connectivity index (χ2v) is 13.4. The number of benzene rings is 1. The fraction of sp³-hybridized carbons (Fsp3) is 0.667. The largest absolute Gasteiger partial charge is 0.444 e. The maximum atomic E-state index is 13.4. The summed E-state index contributed by atoms with van der Waals surface area (Å²) in [5.74, 6) is 1.48. The van der Waals surface area contributed by atoms with Crippen LogP contribution < -0.4 is 0 Å². The summed E-state index contributed by atoms with van der Waals surface area (Å²) in [6.45, 7) is 13.0. The van der Waals surface area contributed by atoms with Crippen molar-refractivity contribution in [3.8, 4) is 0 Å². The van der Waals surface area contributed by atoms with E-state index in [0.717, 1.165) is 32.1 Å². The molecule has 1 unspecified atom stereocenters. The van der Waals surface area contributed by atoms with Crippen LogP contribution in [0.5, 0.6) is 0 Å². The average molecular weight is 539 g/mol. The summed E-state index contributed by atoms with van der Waals surface area (Å²) in [5, 5.41) is 4.40. The molecule has 2 heterocycles. The van der Waals surface area contributed by atoms with Crippen molar-refractivity contribution in [2.24, 2.45) is 0 Å². The molecule has 5 rings (SSSR count). The Hall–Kier alpha value is -3.10. The van der Waals surface area contributed by atoms with Gasteiger partial charge in [-0.25, -0.2) is 9.59 Å². The van der Waals surface area contributed by atoms with Gasteiger partial charge in [0, 0.05) is 31.6 Å². The third kappa shape index (κ3) is 6.56. The number of hydrogen-bond donors (Lipinski definition) is 0. The average Bonchev–Trinajstić information content (AvgIpc) is 3.77. The van der Waals surface area contributed by atoms with Crippen molar-refractivity contribution < 1.29 is 23.6 Å². The molecule has 39 heavy (non-hydrogen) atoms. The molecule has 2 amide bonds. The third-order valence-corrected chi connectivity index (χ3v) is 7.68. The molecular weight excluding hydrogens is 496 g/mol. The molecule has 2 saturated carbocycles. The summed E-state index contributed by atoms with van der Waals surface area (Å²) in [6, 6.07) is 10.4. The van der Waals surface area contributed by atoms with Crippen LogP contribution in [0.25, 0.3) is 0 Å². The van der Waals surface area contributed by atoms with Crippen LogP contribution in [-0.2, 0) is 14.9 Å².